The van der Waals surface area contributed by atoms with E-state index in [1.807, 2.05) is 16.8 Å². The number of alkyl halides is 3. The normalized spacial score (nSPS) is 11.5. The second-order valence-electron chi connectivity index (χ2n) is 8.33. The Hall–Kier alpha value is -4.35. The van der Waals surface area contributed by atoms with Crippen LogP contribution in [0, 0.1) is 0 Å². The quantitative estimate of drug-likeness (QED) is 0.148. The van der Waals surface area contributed by atoms with Crippen LogP contribution in [0.25, 0.3) is 6.08 Å². The van der Waals surface area contributed by atoms with Gasteiger partial charge in [0.1, 0.15) is 5.70 Å². The van der Waals surface area contributed by atoms with E-state index in [0.717, 1.165) is 29.5 Å². The van der Waals surface area contributed by atoms with Crippen molar-refractivity contribution in [1.82, 2.24) is 5.32 Å². The van der Waals surface area contributed by atoms with Crippen molar-refractivity contribution in [2.75, 3.05) is 16.4 Å². The third-order valence-corrected chi connectivity index (χ3v) is 7.01. The first kappa shape index (κ1) is 28.7. The smallest absolute Gasteiger partial charge is 0.325 e. The van der Waals surface area contributed by atoms with E-state index < -0.39 is 29.5 Å². The summed E-state index contributed by atoms with van der Waals surface area (Å²) in [5, 5.41) is 11.6. The van der Waals surface area contributed by atoms with Crippen molar-refractivity contribution in [2.45, 2.75) is 11.1 Å². The summed E-state index contributed by atoms with van der Waals surface area (Å²) in [5.74, 6) is -1.53. The number of hydrogen-bond acceptors (Lipinski definition) is 5. The summed E-state index contributed by atoms with van der Waals surface area (Å²) in [6.45, 7) is 0. The lowest BCUT2D eigenvalue weighted by molar-refractivity contribution is -0.137. The van der Waals surface area contributed by atoms with Gasteiger partial charge in [-0.05, 0) is 77.0 Å². The molecule has 3 aromatic carbocycles. The molecule has 0 spiro atoms. The molecule has 3 amide bonds. The molecule has 0 atom stereocenters. The lowest BCUT2D eigenvalue weighted by Crippen LogP contribution is -2.30. The molecule has 6 nitrogen and oxygen atoms in total. The standard InChI is InChI=1S/C29H22F3N3O3S2/c30-29(31,32)21-8-4-9-22(15-21)33-26(36)18-40-24-11-5-10-23(16-24)34-28(38)25(14-19-12-13-39-17-19)35-27(37)20-6-2-1-3-7-20/h1-17H,18H2,(H,33,36)(H,34,38)(H,35,37)/b25-14-. The largest absolute Gasteiger partial charge is 0.416 e. The molecule has 0 radical (unpaired) electrons. The molecule has 11 heteroatoms. The number of carbonyl (C=O) groups excluding carboxylic acids is 3. The Morgan fingerprint density at radius 1 is 0.850 bits per heavy atom. The predicted octanol–water partition coefficient (Wildman–Crippen LogP) is 6.91. The highest BCUT2D eigenvalue weighted by Gasteiger charge is 2.30. The summed E-state index contributed by atoms with van der Waals surface area (Å²) in [5.41, 5.74) is 0.815. The zero-order valence-corrected chi connectivity index (χ0v) is 22.3. The molecule has 0 aliphatic rings. The van der Waals surface area contributed by atoms with E-state index in [2.05, 4.69) is 16.0 Å². The van der Waals surface area contributed by atoms with Crippen LogP contribution in [-0.2, 0) is 15.8 Å². The molecule has 0 saturated heterocycles. The van der Waals surface area contributed by atoms with Crippen molar-refractivity contribution in [3.63, 3.8) is 0 Å². The number of thiophene rings is 1. The second-order valence-corrected chi connectivity index (χ2v) is 10.2. The Balaban J connectivity index is 1.40. The fraction of sp³-hybridized carbons (Fsp3) is 0.0690. The molecule has 0 aliphatic carbocycles. The van der Waals surface area contributed by atoms with Crippen LogP contribution in [0.2, 0.25) is 0 Å². The van der Waals surface area contributed by atoms with Gasteiger partial charge in [-0.2, -0.15) is 24.5 Å². The molecule has 0 saturated carbocycles. The maximum Gasteiger partial charge on any atom is 0.416 e. The van der Waals surface area contributed by atoms with Gasteiger partial charge in [0.15, 0.2) is 0 Å². The monoisotopic (exact) mass is 581 g/mol. The third kappa shape index (κ3) is 8.32. The molecule has 4 rings (SSSR count). The number of anilines is 2. The van der Waals surface area contributed by atoms with Gasteiger partial charge in [0, 0.05) is 21.8 Å². The summed E-state index contributed by atoms with van der Waals surface area (Å²) < 4.78 is 38.7. The molecular weight excluding hydrogens is 559 g/mol. The molecule has 1 heterocycles. The number of amides is 3. The Kier molecular flexibility index (Phi) is 9.41. The first-order valence-electron chi connectivity index (χ1n) is 11.8. The van der Waals surface area contributed by atoms with E-state index in [1.165, 1.54) is 23.5 Å². The molecule has 40 heavy (non-hydrogen) atoms. The maximum absolute atomic E-state index is 13.1. The highest BCUT2D eigenvalue weighted by atomic mass is 32.2. The Morgan fingerprint density at radius 2 is 1.57 bits per heavy atom. The Bertz CT molecular complexity index is 1520. The minimum Gasteiger partial charge on any atom is -0.325 e. The molecule has 0 unspecified atom stereocenters. The van der Waals surface area contributed by atoms with Gasteiger partial charge in [-0.3, -0.25) is 14.4 Å². The summed E-state index contributed by atoms with van der Waals surface area (Å²) in [7, 11) is 0. The summed E-state index contributed by atoms with van der Waals surface area (Å²) in [6.07, 6.45) is -2.94. The van der Waals surface area contributed by atoms with E-state index >= 15 is 0 Å². The molecule has 0 aliphatic heterocycles. The number of nitrogens with one attached hydrogen (secondary N) is 3. The minimum absolute atomic E-state index is 0.0453. The first-order chi connectivity index (χ1) is 19.2. The lowest BCUT2D eigenvalue weighted by atomic mass is 10.2. The van der Waals surface area contributed by atoms with E-state index in [-0.39, 0.29) is 17.1 Å². The van der Waals surface area contributed by atoms with E-state index in [0.29, 0.717) is 16.1 Å². The molecule has 0 bridgehead atoms. The van der Waals surface area contributed by atoms with E-state index in [1.54, 1.807) is 60.7 Å². The highest BCUT2D eigenvalue weighted by molar-refractivity contribution is 8.00. The maximum atomic E-state index is 13.1. The van der Waals surface area contributed by atoms with Gasteiger partial charge in [-0.1, -0.05) is 30.3 Å². The lowest BCUT2D eigenvalue weighted by Gasteiger charge is -2.12. The van der Waals surface area contributed by atoms with Gasteiger partial charge in [-0.15, -0.1) is 11.8 Å². The summed E-state index contributed by atoms with van der Waals surface area (Å²) in [6, 6.07) is 21.5. The fourth-order valence-corrected chi connectivity index (χ4v) is 4.82. The van der Waals surface area contributed by atoms with Crippen molar-refractivity contribution in [3.8, 4) is 0 Å². The van der Waals surface area contributed by atoms with Gasteiger partial charge in [0.05, 0.1) is 11.3 Å². The van der Waals surface area contributed by atoms with Crippen molar-refractivity contribution in [1.29, 1.82) is 0 Å². The fourth-order valence-electron chi connectivity index (χ4n) is 3.45. The number of benzene rings is 3. The average molecular weight is 582 g/mol. The molecule has 204 valence electrons. The molecule has 1 aromatic heterocycles. The second kappa shape index (κ2) is 13.1. The van der Waals surface area contributed by atoms with Crippen LogP contribution in [-0.4, -0.2) is 23.5 Å². The topological polar surface area (TPSA) is 87.3 Å². The highest BCUT2D eigenvalue weighted by Crippen LogP contribution is 2.31. The summed E-state index contributed by atoms with van der Waals surface area (Å²) in [4.78, 5) is 38.8. The van der Waals surface area contributed by atoms with Gasteiger partial charge >= 0.3 is 6.18 Å². The summed E-state index contributed by atoms with van der Waals surface area (Å²) >= 11 is 2.60. The number of hydrogen-bond donors (Lipinski definition) is 3. The minimum atomic E-state index is -4.51. The molecule has 0 fully saturated rings. The molecule has 3 N–H and O–H groups in total. The van der Waals surface area contributed by atoms with Crippen LogP contribution >= 0.6 is 23.1 Å². The first-order valence-corrected chi connectivity index (χ1v) is 13.7. The van der Waals surface area contributed by atoms with Crippen LogP contribution in [0.4, 0.5) is 24.5 Å². The number of thioether (sulfide) groups is 1. The van der Waals surface area contributed by atoms with Gasteiger partial charge in [-0.25, -0.2) is 0 Å². The third-order valence-electron chi connectivity index (χ3n) is 5.32. The molecule has 4 aromatic rings. The number of carbonyl (C=O) groups is 3. The van der Waals surface area contributed by atoms with Crippen molar-refractivity contribution >= 4 is 58.3 Å². The number of rotatable bonds is 9. The van der Waals surface area contributed by atoms with Gasteiger partial charge in [0.25, 0.3) is 11.8 Å². The van der Waals surface area contributed by atoms with Crippen LogP contribution in [0.3, 0.4) is 0 Å². The van der Waals surface area contributed by atoms with Gasteiger partial charge < -0.3 is 16.0 Å². The van der Waals surface area contributed by atoms with Crippen molar-refractivity contribution < 1.29 is 27.6 Å². The Labute approximate surface area is 236 Å². The van der Waals surface area contributed by atoms with E-state index in [4.69, 9.17) is 0 Å². The van der Waals surface area contributed by atoms with Crippen LogP contribution in [0.15, 0.2) is 106 Å². The van der Waals surface area contributed by atoms with Gasteiger partial charge in [0.2, 0.25) is 5.91 Å². The molecular formula is C29H22F3N3O3S2. The van der Waals surface area contributed by atoms with Crippen molar-refractivity contribution in [2.24, 2.45) is 0 Å². The average Bonchev–Trinajstić information content (AvgIpc) is 3.45. The zero-order valence-electron chi connectivity index (χ0n) is 20.7. The SMILES string of the molecule is O=C(CSc1cccc(NC(=O)/C(=C/c2ccsc2)NC(=O)c2ccccc2)c1)Nc1cccc(C(F)(F)F)c1. The van der Waals surface area contributed by atoms with E-state index in [9.17, 15) is 27.6 Å². The van der Waals surface area contributed by atoms with Crippen LogP contribution in [0.5, 0.6) is 0 Å². The number of halogens is 3. The van der Waals surface area contributed by atoms with Crippen LogP contribution in [0.1, 0.15) is 21.5 Å². The van der Waals surface area contributed by atoms with Crippen molar-refractivity contribution in [3.05, 3.63) is 118 Å². The van der Waals surface area contributed by atoms with Crippen LogP contribution < -0.4 is 16.0 Å². The predicted molar refractivity (Wildman–Crippen MR) is 152 cm³/mol. The zero-order chi connectivity index (χ0) is 28.5. The Morgan fingerprint density at radius 3 is 2.27 bits per heavy atom.